The second kappa shape index (κ2) is 13.6. The minimum Gasteiger partial charge on any atom is -0.0952 e. The summed E-state index contributed by atoms with van der Waals surface area (Å²) in [6.07, 6.45) is 19.6. The molecular formula is C41H46. The second-order valence-electron chi connectivity index (χ2n) is 11.6. The zero-order chi connectivity index (χ0) is 29.4. The molecule has 0 N–H and O–H groups in total. The van der Waals surface area contributed by atoms with Gasteiger partial charge in [-0.3, -0.25) is 0 Å². The third-order valence-corrected chi connectivity index (χ3v) is 8.29. The van der Waals surface area contributed by atoms with Crippen molar-refractivity contribution in [2.45, 2.75) is 59.8 Å². The van der Waals surface area contributed by atoms with Crippen LogP contribution in [0.2, 0.25) is 0 Å². The largest absolute Gasteiger partial charge is 0.0952 e. The van der Waals surface area contributed by atoms with Crippen molar-refractivity contribution in [2.24, 2.45) is 11.8 Å². The fraction of sp³-hybridized carbons (Fsp3) is 0.268. The van der Waals surface area contributed by atoms with Gasteiger partial charge in [0.2, 0.25) is 0 Å². The number of benzene rings is 4. The molecule has 4 aromatic rings. The average molecular weight is 539 g/mol. The molecule has 210 valence electrons. The maximum atomic E-state index is 3.86. The van der Waals surface area contributed by atoms with Crippen molar-refractivity contribution < 1.29 is 0 Å². The highest BCUT2D eigenvalue weighted by molar-refractivity contribution is 5.97. The van der Waals surface area contributed by atoms with Crippen molar-refractivity contribution in [3.05, 3.63) is 145 Å². The molecule has 0 aromatic heterocycles. The Balaban J connectivity index is 0.000000177. The predicted octanol–water partition coefficient (Wildman–Crippen LogP) is 12.2. The number of rotatable bonds is 0. The highest BCUT2D eigenvalue weighted by Crippen LogP contribution is 2.50. The summed E-state index contributed by atoms with van der Waals surface area (Å²) in [5.41, 5.74) is 6.94. The van der Waals surface area contributed by atoms with Crippen LogP contribution in [0.4, 0.5) is 0 Å². The zero-order valence-corrected chi connectivity index (χ0v) is 25.8. The Morgan fingerprint density at radius 1 is 0.659 bits per heavy atom. The third kappa shape index (κ3) is 6.88. The third-order valence-electron chi connectivity index (χ3n) is 8.29. The lowest BCUT2D eigenvalue weighted by Crippen LogP contribution is -2.14. The summed E-state index contributed by atoms with van der Waals surface area (Å²) < 4.78 is 0. The first-order valence-corrected chi connectivity index (χ1v) is 15.3. The molecule has 3 aliphatic rings. The van der Waals surface area contributed by atoms with Crippen molar-refractivity contribution >= 4 is 21.5 Å². The van der Waals surface area contributed by atoms with E-state index in [-0.39, 0.29) is 5.41 Å². The first-order chi connectivity index (χ1) is 19.8. The molecule has 0 heteroatoms. The Bertz CT molecular complexity index is 1530. The van der Waals surface area contributed by atoms with Gasteiger partial charge < -0.3 is 0 Å². The smallest absolute Gasteiger partial charge is 0.0159 e. The van der Waals surface area contributed by atoms with E-state index in [1.165, 1.54) is 62.2 Å². The van der Waals surface area contributed by atoms with Gasteiger partial charge in [-0.25, -0.2) is 0 Å². The second-order valence-corrected chi connectivity index (χ2v) is 11.6. The van der Waals surface area contributed by atoms with Gasteiger partial charge in [-0.05, 0) is 98.3 Å². The van der Waals surface area contributed by atoms with Gasteiger partial charge in [-0.2, -0.15) is 0 Å². The molecule has 0 bridgehead atoms. The van der Waals surface area contributed by atoms with Crippen LogP contribution in [0.5, 0.6) is 0 Å². The van der Waals surface area contributed by atoms with E-state index in [1.807, 2.05) is 26.0 Å². The van der Waals surface area contributed by atoms with Crippen LogP contribution in [-0.4, -0.2) is 0 Å². The fourth-order valence-electron chi connectivity index (χ4n) is 5.67. The monoisotopic (exact) mass is 538 g/mol. The van der Waals surface area contributed by atoms with Gasteiger partial charge in [0.05, 0.1) is 0 Å². The van der Waals surface area contributed by atoms with Crippen LogP contribution >= 0.6 is 0 Å². The number of fused-ring (bicyclic) bond motifs is 5. The molecule has 0 saturated heterocycles. The van der Waals surface area contributed by atoms with E-state index >= 15 is 0 Å². The zero-order valence-electron chi connectivity index (χ0n) is 25.8. The molecule has 7 rings (SSSR count). The Hall–Kier alpha value is -3.90. The lowest BCUT2D eigenvalue weighted by atomic mass is 9.81. The molecule has 0 radical (unpaired) electrons. The van der Waals surface area contributed by atoms with Crippen molar-refractivity contribution in [3.8, 4) is 11.1 Å². The van der Waals surface area contributed by atoms with Crippen molar-refractivity contribution in [3.63, 3.8) is 0 Å². The van der Waals surface area contributed by atoms with E-state index in [0.29, 0.717) is 5.92 Å². The quantitative estimate of drug-likeness (QED) is 0.209. The average Bonchev–Trinajstić information content (AvgIpc) is 3.14. The van der Waals surface area contributed by atoms with Crippen LogP contribution in [-0.2, 0) is 5.41 Å². The normalized spacial score (nSPS) is 19.1. The highest BCUT2D eigenvalue weighted by Gasteiger charge is 2.35. The molecule has 0 spiro atoms. The summed E-state index contributed by atoms with van der Waals surface area (Å²) in [7, 11) is 0. The van der Waals surface area contributed by atoms with Gasteiger partial charge in [-0.1, -0.05) is 145 Å². The molecule has 0 nitrogen and oxygen atoms in total. The lowest BCUT2D eigenvalue weighted by Gasteiger charge is -2.22. The summed E-state index contributed by atoms with van der Waals surface area (Å²) in [5, 5.41) is 5.31. The van der Waals surface area contributed by atoms with Crippen LogP contribution in [0, 0.1) is 11.8 Å². The molecular weight excluding hydrogens is 492 g/mol. The summed E-state index contributed by atoms with van der Waals surface area (Å²) in [6, 6.07) is 26.8. The Kier molecular flexibility index (Phi) is 10.0. The van der Waals surface area contributed by atoms with Crippen LogP contribution in [0.15, 0.2) is 134 Å². The predicted molar refractivity (Wildman–Crippen MR) is 184 cm³/mol. The standard InChI is InChI=1S/C23H18.C8H10.C8H12.C2H6/c1-23(2)21-13-17-9-5-3-7-15(17)11-19(21)20-12-16-8-4-6-10-18(16)14-22(20)23;1-7-5-3-4-6-8(7)2;1-8-6-4-2-3-5-7-8;1-2/h3-14H,1-2H3;3-6,8H,1H2,2H3;2-4,6,8H,5,7H2,1H3;1-2H3. The highest BCUT2D eigenvalue weighted by atomic mass is 14.4. The Labute approximate surface area is 248 Å². The van der Waals surface area contributed by atoms with Crippen molar-refractivity contribution in [2.75, 3.05) is 0 Å². The van der Waals surface area contributed by atoms with Crippen LogP contribution < -0.4 is 0 Å². The molecule has 4 aromatic carbocycles. The summed E-state index contributed by atoms with van der Waals surface area (Å²) in [4.78, 5) is 0. The Morgan fingerprint density at radius 2 is 1.15 bits per heavy atom. The minimum absolute atomic E-state index is 0.0543. The Morgan fingerprint density at radius 3 is 1.61 bits per heavy atom. The molecule has 0 saturated carbocycles. The van der Waals surface area contributed by atoms with E-state index in [1.54, 1.807) is 0 Å². The maximum absolute atomic E-state index is 3.86. The van der Waals surface area contributed by atoms with Gasteiger partial charge in [0.15, 0.2) is 0 Å². The molecule has 41 heavy (non-hydrogen) atoms. The molecule has 2 unspecified atom stereocenters. The lowest BCUT2D eigenvalue weighted by molar-refractivity contribution is 0.662. The summed E-state index contributed by atoms with van der Waals surface area (Å²) in [6.45, 7) is 16.9. The molecule has 0 heterocycles. The summed E-state index contributed by atoms with van der Waals surface area (Å²) in [5.74, 6) is 1.32. The minimum atomic E-state index is 0.0543. The maximum Gasteiger partial charge on any atom is 0.0159 e. The van der Waals surface area contributed by atoms with E-state index in [2.05, 4.69) is 144 Å². The molecule has 2 atom stereocenters. The first-order valence-electron chi connectivity index (χ1n) is 15.3. The van der Waals surface area contributed by atoms with Crippen LogP contribution in [0.25, 0.3) is 32.7 Å². The number of hydrogen-bond acceptors (Lipinski definition) is 0. The van der Waals surface area contributed by atoms with Crippen LogP contribution in [0.1, 0.15) is 65.5 Å². The number of allylic oxidation sites excluding steroid dienone is 9. The van der Waals surface area contributed by atoms with Gasteiger partial charge in [0, 0.05) is 5.41 Å². The van der Waals surface area contributed by atoms with Gasteiger partial charge in [-0.15, -0.1) is 0 Å². The molecule has 3 aliphatic carbocycles. The topological polar surface area (TPSA) is 0 Å². The van der Waals surface area contributed by atoms with Gasteiger partial charge in [0.1, 0.15) is 0 Å². The molecule has 0 fully saturated rings. The number of hydrogen-bond donors (Lipinski definition) is 0. The molecule has 0 amide bonds. The first kappa shape index (κ1) is 30.1. The van der Waals surface area contributed by atoms with E-state index < -0.39 is 0 Å². The molecule has 0 aliphatic heterocycles. The fourth-order valence-corrected chi connectivity index (χ4v) is 5.67. The van der Waals surface area contributed by atoms with E-state index in [4.69, 9.17) is 0 Å². The van der Waals surface area contributed by atoms with Crippen molar-refractivity contribution in [1.82, 2.24) is 0 Å². The van der Waals surface area contributed by atoms with Crippen molar-refractivity contribution in [1.29, 1.82) is 0 Å². The van der Waals surface area contributed by atoms with E-state index in [9.17, 15) is 0 Å². The van der Waals surface area contributed by atoms with E-state index in [0.717, 1.165) is 5.92 Å². The van der Waals surface area contributed by atoms with Gasteiger partial charge >= 0.3 is 0 Å². The van der Waals surface area contributed by atoms with Crippen LogP contribution in [0.3, 0.4) is 0 Å². The van der Waals surface area contributed by atoms with Gasteiger partial charge in [0.25, 0.3) is 0 Å². The SMILES string of the molecule is C=C1C=CC=CC1C.CC.CC1(C)c2cc3ccccc3cc2-c2cc3ccccc3cc21.CC1C=CC=CCC1. The summed E-state index contributed by atoms with van der Waals surface area (Å²) >= 11 is 0.